The molecule has 0 atom stereocenters. The van der Waals surface area contributed by atoms with E-state index in [1.165, 1.54) is 6.33 Å². The van der Waals surface area contributed by atoms with Gasteiger partial charge in [0.2, 0.25) is 0 Å². The number of hydrogen-bond acceptors (Lipinski definition) is 5. The molecule has 3 rings (SSSR count). The third kappa shape index (κ3) is 3.61. The second-order valence-corrected chi connectivity index (χ2v) is 6.95. The Balaban J connectivity index is 2.20. The molecule has 0 aliphatic carbocycles. The van der Waals surface area contributed by atoms with Gasteiger partial charge in [-0.15, -0.1) is 10.2 Å². The van der Waals surface area contributed by atoms with E-state index in [9.17, 15) is 9.90 Å². The van der Waals surface area contributed by atoms with Crippen LogP contribution in [0.4, 0.5) is 5.69 Å². The molecule has 0 unspecified atom stereocenters. The molecule has 0 aliphatic heterocycles. The van der Waals surface area contributed by atoms with Crippen LogP contribution in [0.1, 0.15) is 47.1 Å². The highest BCUT2D eigenvalue weighted by Gasteiger charge is 2.21. The van der Waals surface area contributed by atoms with Crippen molar-refractivity contribution in [1.82, 2.24) is 14.8 Å². The van der Waals surface area contributed by atoms with Crippen LogP contribution in [0.2, 0.25) is 0 Å². The number of anilines is 1. The van der Waals surface area contributed by atoms with Gasteiger partial charge in [-0.25, -0.2) is 0 Å². The number of benzene rings is 2. The molecule has 6 nitrogen and oxygen atoms in total. The van der Waals surface area contributed by atoms with Crippen molar-refractivity contribution >= 4 is 11.5 Å². The summed E-state index contributed by atoms with van der Waals surface area (Å²) >= 11 is 0. The fourth-order valence-corrected chi connectivity index (χ4v) is 3.07. The Kier molecular flexibility index (Phi) is 5.37. The van der Waals surface area contributed by atoms with E-state index in [-0.39, 0.29) is 12.4 Å². The summed E-state index contributed by atoms with van der Waals surface area (Å²) in [5.41, 5.74) is 3.80. The van der Waals surface area contributed by atoms with E-state index >= 15 is 0 Å². The minimum absolute atomic E-state index is 0.0813. The maximum absolute atomic E-state index is 13.4. The Morgan fingerprint density at radius 1 is 1.15 bits per heavy atom. The molecule has 0 saturated heterocycles. The lowest BCUT2D eigenvalue weighted by Crippen LogP contribution is -2.16. The summed E-state index contributed by atoms with van der Waals surface area (Å²) in [6.45, 7) is 3.94. The molecule has 6 heteroatoms. The van der Waals surface area contributed by atoms with E-state index in [2.05, 4.69) is 24.0 Å². The summed E-state index contributed by atoms with van der Waals surface area (Å²) < 4.78 is 1.68. The van der Waals surface area contributed by atoms with Crippen LogP contribution in [-0.2, 0) is 6.61 Å². The predicted octanol–water partition coefficient (Wildman–Crippen LogP) is 3.18. The van der Waals surface area contributed by atoms with E-state index in [1.54, 1.807) is 4.57 Å². The fourth-order valence-electron chi connectivity index (χ4n) is 3.07. The Bertz CT molecular complexity index is 960. The minimum Gasteiger partial charge on any atom is -0.388 e. The molecule has 0 fully saturated rings. The van der Waals surface area contributed by atoms with Crippen LogP contribution in [-0.4, -0.2) is 39.7 Å². The molecule has 0 radical (unpaired) electrons. The lowest BCUT2D eigenvalue weighted by molar-refractivity contribution is 0.103. The molecule has 27 heavy (non-hydrogen) atoms. The van der Waals surface area contributed by atoms with Crippen molar-refractivity contribution in [2.24, 2.45) is 0 Å². The molecule has 0 bridgehead atoms. The van der Waals surface area contributed by atoms with Gasteiger partial charge in [-0.3, -0.25) is 9.36 Å². The predicted molar refractivity (Wildman–Crippen MR) is 106 cm³/mol. The first-order valence-electron chi connectivity index (χ1n) is 8.89. The second-order valence-electron chi connectivity index (χ2n) is 6.95. The summed E-state index contributed by atoms with van der Waals surface area (Å²) in [5, 5.41) is 17.4. The van der Waals surface area contributed by atoms with E-state index in [0.29, 0.717) is 28.6 Å². The SMILES string of the molecule is CC(C)c1ccc(C(=O)c2ccccc2N(C)C)c(-n2cnnc2CO)c1. The molecule has 0 spiro atoms. The van der Waals surface area contributed by atoms with Crippen molar-refractivity contribution in [1.29, 1.82) is 0 Å². The van der Waals surface area contributed by atoms with Gasteiger partial charge in [-0.1, -0.05) is 32.0 Å². The Hall–Kier alpha value is -2.99. The number of aromatic nitrogens is 3. The minimum atomic E-state index is -0.256. The number of aliphatic hydroxyl groups excluding tert-OH is 1. The van der Waals surface area contributed by atoms with Gasteiger partial charge in [0.15, 0.2) is 11.6 Å². The number of nitrogens with zero attached hydrogens (tertiary/aromatic N) is 4. The summed E-state index contributed by atoms with van der Waals surface area (Å²) in [5.74, 6) is 0.615. The molecular formula is C21H24N4O2. The third-order valence-electron chi connectivity index (χ3n) is 4.58. The van der Waals surface area contributed by atoms with E-state index in [1.807, 2.05) is 61.5 Å². The monoisotopic (exact) mass is 364 g/mol. The van der Waals surface area contributed by atoms with Crippen LogP contribution in [0.15, 0.2) is 48.8 Å². The molecular weight excluding hydrogens is 340 g/mol. The van der Waals surface area contributed by atoms with Crippen molar-refractivity contribution in [2.45, 2.75) is 26.4 Å². The van der Waals surface area contributed by atoms with Crippen LogP contribution < -0.4 is 4.90 Å². The first-order chi connectivity index (χ1) is 12.9. The fraction of sp³-hybridized carbons (Fsp3) is 0.286. The smallest absolute Gasteiger partial charge is 0.197 e. The highest BCUT2D eigenvalue weighted by Crippen LogP contribution is 2.28. The van der Waals surface area contributed by atoms with Crippen LogP contribution in [0, 0.1) is 0 Å². The molecule has 1 aromatic heterocycles. The first kappa shape index (κ1) is 18.8. The lowest BCUT2D eigenvalue weighted by Gasteiger charge is -2.19. The molecule has 2 aromatic carbocycles. The molecule has 1 heterocycles. The average Bonchev–Trinajstić information content (AvgIpc) is 3.15. The summed E-state index contributed by atoms with van der Waals surface area (Å²) in [7, 11) is 3.83. The van der Waals surface area contributed by atoms with E-state index in [4.69, 9.17) is 0 Å². The van der Waals surface area contributed by atoms with Crippen LogP contribution in [0.25, 0.3) is 5.69 Å². The van der Waals surface area contributed by atoms with Crippen LogP contribution in [0.3, 0.4) is 0 Å². The highest BCUT2D eigenvalue weighted by atomic mass is 16.3. The van der Waals surface area contributed by atoms with E-state index in [0.717, 1.165) is 11.3 Å². The van der Waals surface area contributed by atoms with Gasteiger partial charge >= 0.3 is 0 Å². The molecule has 140 valence electrons. The number of hydrogen-bond donors (Lipinski definition) is 1. The first-order valence-corrected chi connectivity index (χ1v) is 8.89. The summed E-state index contributed by atoms with van der Waals surface area (Å²) in [6, 6.07) is 13.3. The third-order valence-corrected chi connectivity index (χ3v) is 4.58. The Morgan fingerprint density at radius 2 is 1.89 bits per heavy atom. The number of rotatable bonds is 6. The highest BCUT2D eigenvalue weighted by molar-refractivity contribution is 6.14. The van der Waals surface area contributed by atoms with Crippen molar-refractivity contribution < 1.29 is 9.90 Å². The van der Waals surface area contributed by atoms with Gasteiger partial charge in [0.05, 0.1) is 5.69 Å². The molecule has 0 amide bonds. The van der Waals surface area contributed by atoms with Gasteiger partial charge in [0.1, 0.15) is 12.9 Å². The number of carbonyl (C=O) groups is 1. The van der Waals surface area contributed by atoms with Crippen molar-refractivity contribution in [2.75, 3.05) is 19.0 Å². The number of carbonyl (C=O) groups excluding carboxylic acids is 1. The molecule has 1 N–H and O–H groups in total. The Labute approximate surface area is 159 Å². The molecule has 0 aliphatic rings. The Morgan fingerprint density at radius 3 is 2.56 bits per heavy atom. The number of ketones is 1. The van der Waals surface area contributed by atoms with Gasteiger partial charge in [-0.2, -0.15) is 0 Å². The van der Waals surface area contributed by atoms with E-state index < -0.39 is 0 Å². The lowest BCUT2D eigenvalue weighted by atomic mass is 9.95. The normalized spacial score (nSPS) is 11.0. The standard InChI is InChI=1S/C21H24N4O2/c1-14(2)15-9-10-17(19(11-15)25-13-22-23-20(25)12-26)21(27)16-7-5-6-8-18(16)24(3)4/h5-11,13-14,26H,12H2,1-4H3. The van der Waals surface area contributed by atoms with Crippen molar-refractivity contribution in [3.63, 3.8) is 0 Å². The van der Waals surface area contributed by atoms with Crippen LogP contribution >= 0.6 is 0 Å². The summed E-state index contributed by atoms with van der Waals surface area (Å²) in [6.07, 6.45) is 1.53. The largest absolute Gasteiger partial charge is 0.388 e. The zero-order valence-corrected chi connectivity index (χ0v) is 16.0. The number of aliphatic hydroxyl groups is 1. The molecule has 3 aromatic rings. The van der Waals surface area contributed by atoms with Crippen molar-refractivity contribution in [3.8, 4) is 5.69 Å². The van der Waals surface area contributed by atoms with Crippen LogP contribution in [0.5, 0.6) is 0 Å². The second kappa shape index (κ2) is 7.72. The van der Waals surface area contributed by atoms with Gasteiger partial charge in [-0.05, 0) is 35.7 Å². The summed E-state index contributed by atoms with van der Waals surface area (Å²) in [4.78, 5) is 15.3. The quantitative estimate of drug-likeness (QED) is 0.680. The van der Waals surface area contributed by atoms with Gasteiger partial charge < -0.3 is 10.0 Å². The zero-order chi connectivity index (χ0) is 19.6. The molecule has 0 saturated carbocycles. The average molecular weight is 364 g/mol. The maximum Gasteiger partial charge on any atom is 0.197 e. The maximum atomic E-state index is 13.4. The number of para-hydroxylation sites is 1. The van der Waals surface area contributed by atoms with Gasteiger partial charge in [0, 0.05) is 30.9 Å². The zero-order valence-electron chi connectivity index (χ0n) is 16.0. The van der Waals surface area contributed by atoms with Gasteiger partial charge in [0.25, 0.3) is 0 Å². The topological polar surface area (TPSA) is 71.2 Å². The van der Waals surface area contributed by atoms with Crippen molar-refractivity contribution in [3.05, 3.63) is 71.3 Å².